The summed E-state index contributed by atoms with van der Waals surface area (Å²) in [5.74, 6) is -0.294. The van der Waals surface area contributed by atoms with Gasteiger partial charge in [-0.3, -0.25) is 4.79 Å². The van der Waals surface area contributed by atoms with Crippen LogP contribution in [0.5, 0.6) is 0 Å². The van der Waals surface area contributed by atoms with Crippen LogP contribution in [0.25, 0.3) is 0 Å². The Hall–Kier alpha value is -2.13. The van der Waals surface area contributed by atoms with Crippen LogP contribution in [0.15, 0.2) is 29.2 Å². The van der Waals surface area contributed by atoms with Crippen LogP contribution >= 0.6 is 0 Å². The van der Waals surface area contributed by atoms with Gasteiger partial charge in [0.15, 0.2) is 0 Å². The van der Waals surface area contributed by atoms with Crippen molar-refractivity contribution in [3.8, 4) is 0 Å². The van der Waals surface area contributed by atoms with E-state index in [0.29, 0.717) is 51.3 Å². The molecule has 1 aromatic carbocycles. The molecule has 28 heavy (non-hydrogen) atoms. The Morgan fingerprint density at radius 3 is 2.25 bits per heavy atom. The fraction of sp³-hybridized carbons (Fsp3) is 0.579. The molecule has 2 aliphatic heterocycles. The van der Waals surface area contributed by atoms with Crippen molar-refractivity contribution >= 4 is 27.7 Å². The van der Waals surface area contributed by atoms with Gasteiger partial charge in [0.2, 0.25) is 15.9 Å². The molecule has 2 fully saturated rings. The van der Waals surface area contributed by atoms with E-state index in [9.17, 15) is 18.0 Å². The highest BCUT2D eigenvalue weighted by molar-refractivity contribution is 7.89. The van der Waals surface area contributed by atoms with Crippen LogP contribution in [-0.2, 0) is 19.6 Å². The zero-order chi connectivity index (χ0) is 20.1. The number of carbonyl (C=O) groups excluding carboxylic acids is 2. The summed E-state index contributed by atoms with van der Waals surface area (Å²) in [4.78, 5) is 26.1. The van der Waals surface area contributed by atoms with Gasteiger partial charge in [-0.25, -0.2) is 13.2 Å². The zero-order valence-electron chi connectivity index (χ0n) is 16.1. The number of hydrogen-bond acceptors (Lipinski definition) is 5. The van der Waals surface area contributed by atoms with E-state index in [1.54, 1.807) is 24.0 Å². The van der Waals surface area contributed by atoms with E-state index in [2.05, 4.69) is 5.32 Å². The van der Waals surface area contributed by atoms with Crippen molar-refractivity contribution in [3.63, 3.8) is 0 Å². The molecule has 8 nitrogen and oxygen atoms in total. The summed E-state index contributed by atoms with van der Waals surface area (Å²) in [5.41, 5.74) is 0.568. The Morgan fingerprint density at radius 2 is 1.68 bits per heavy atom. The molecule has 0 saturated carbocycles. The number of piperidine rings is 1. The number of likely N-dealkylation sites (tertiary alicyclic amines) is 1. The summed E-state index contributed by atoms with van der Waals surface area (Å²) in [6.07, 6.45) is 2.60. The van der Waals surface area contributed by atoms with Gasteiger partial charge in [0.05, 0.1) is 11.5 Å². The number of rotatable bonds is 5. The van der Waals surface area contributed by atoms with Gasteiger partial charge >= 0.3 is 6.09 Å². The van der Waals surface area contributed by atoms with E-state index < -0.39 is 10.0 Å². The number of anilines is 1. The van der Waals surface area contributed by atoms with E-state index in [4.69, 9.17) is 4.74 Å². The zero-order valence-corrected chi connectivity index (χ0v) is 16.9. The number of nitrogens with zero attached hydrogens (tertiary/aromatic N) is 2. The highest BCUT2D eigenvalue weighted by Gasteiger charge is 2.29. The van der Waals surface area contributed by atoms with Crippen LogP contribution in [-0.4, -0.2) is 62.4 Å². The van der Waals surface area contributed by atoms with E-state index >= 15 is 0 Å². The van der Waals surface area contributed by atoms with E-state index in [0.717, 1.165) is 12.8 Å². The smallest absolute Gasteiger partial charge is 0.409 e. The van der Waals surface area contributed by atoms with Crippen molar-refractivity contribution in [2.45, 2.75) is 37.5 Å². The lowest BCUT2D eigenvalue weighted by Gasteiger charge is -2.30. The number of ether oxygens (including phenoxy) is 1. The first-order valence-electron chi connectivity index (χ1n) is 9.74. The Balaban J connectivity index is 1.54. The van der Waals surface area contributed by atoms with Gasteiger partial charge in [0.1, 0.15) is 0 Å². The van der Waals surface area contributed by atoms with Crippen LogP contribution in [0, 0.1) is 5.92 Å². The number of nitrogens with one attached hydrogen (secondary N) is 1. The van der Waals surface area contributed by atoms with Crippen molar-refractivity contribution < 1.29 is 22.7 Å². The highest BCUT2D eigenvalue weighted by Crippen LogP contribution is 2.24. The van der Waals surface area contributed by atoms with Gasteiger partial charge < -0.3 is 15.0 Å². The number of benzene rings is 1. The average Bonchev–Trinajstić information content (AvgIpc) is 3.24. The first-order valence-corrected chi connectivity index (χ1v) is 11.2. The monoisotopic (exact) mass is 409 g/mol. The van der Waals surface area contributed by atoms with Gasteiger partial charge in [-0.05, 0) is 56.9 Å². The van der Waals surface area contributed by atoms with Gasteiger partial charge in [-0.2, -0.15) is 4.31 Å². The molecule has 2 saturated heterocycles. The highest BCUT2D eigenvalue weighted by atomic mass is 32.2. The second-order valence-electron chi connectivity index (χ2n) is 7.09. The Kier molecular flexibility index (Phi) is 6.56. The number of carbonyl (C=O) groups is 2. The normalized spacial score (nSPS) is 18.8. The second-order valence-corrected chi connectivity index (χ2v) is 9.02. The number of sulfonamides is 1. The van der Waals surface area contributed by atoms with Gasteiger partial charge in [-0.15, -0.1) is 0 Å². The largest absolute Gasteiger partial charge is 0.450 e. The molecule has 0 aromatic heterocycles. The first-order chi connectivity index (χ1) is 13.4. The van der Waals surface area contributed by atoms with Crippen molar-refractivity contribution in [1.29, 1.82) is 0 Å². The summed E-state index contributed by atoms with van der Waals surface area (Å²) >= 11 is 0. The van der Waals surface area contributed by atoms with Gasteiger partial charge in [-0.1, -0.05) is 0 Å². The van der Waals surface area contributed by atoms with Crippen LogP contribution in [0.1, 0.15) is 32.6 Å². The standard InChI is InChI=1S/C19H27N3O5S/c1-2-27-19(24)21-13-9-15(10-14-21)18(23)20-16-5-7-17(8-6-16)28(25,26)22-11-3-4-12-22/h5-8,15H,2-4,9-14H2,1H3,(H,20,23). The average molecular weight is 410 g/mol. The third kappa shape index (κ3) is 4.64. The number of hydrogen-bond donors (Lipinski definition) is 1. The van der Waals surface area contributed by atoms with Gasteiger partial charge in [0.25, 0.3) is 0 Å². The molecule has 1 N–H and O–H groups in total. The molecule has 0 spiro atoms. The Labute approximate surface area is 165 Å². The summed E-state index contributed by atoms with van der Waals surface area (Å²) in [7, 11) is -3.45. The molecule has 2 aliphatic rings. The van der Waals surface area contributed by atoms with Crippen molar-refractivity contribution in [1.82, 2.24) is 9.21 Å². The van der Waals surface area contributed by atoms with Crippen molar-refractivity contribution in [3.05, 3.63) is 24.3 Å². The molecule has 0 bridgehead atoms. The molecular formula is C19H27N3O5S. The predicted molar refractivity (Wildman–Crippen MR) is 104 cm³/mol. The predicted octanol–water partition coefficient (Wildman–Crippen LogP) is 2.28. The molecule has 3 rings (SSSR count). The van der Waals surface area contributed by atoms with Crippen molar-refractivity contribution in [2.75, 3.05) is 38.1 Å². The van der Waals surface area contributed by atoms with E-state index in [-0.39, 0.29) is 22.8 Å². The van der Waals surface area contributed by atoms with Crippen molar-refractivity contribution in [2.24, 2.45) is 5.92 Å². The molecule has 1 aromatic rings. The van der Waals surface area contributed by atoms with E-state index in [1.165, 1.54) is 16.4 Å². The maximum Gasteiger partial charge on any atom is 0.409 e. The molecule has 2 amide bonds. The molecule has 154 valence electrons. The minimum absolute atomic E-state index is 0.112. The molecular weight excluding hydrogens is 382 g/mol. The lowest BCUT2D eigenvalue weighted by molar-refractivity contribution is -0.121. The molecule has 0 atom stereocenters. The fourth-order valence-corrected chi connectivity index (χ4v) is 5.09. The quantitative estimate of drug-likeness (QED) is 0.805. The lowest BCUT2D eigenvalue weighted by atomic mass is 9.96. The molecule has 9 heteroatoms. The lowest BCUT2D eigenvalue weighted by Crippen LogP contribution is -2.41. The SMILES string of the molecule is CCOC(=O)N1CCC(C(=O)Nc2ccc(S(=O)(=O)N3CCCC3)cc2)CC1. The van der Waals surface area contributed by atoms with Crippen LogP contribution in [0.4, 0.5) is 10.5 Å². The third-order valence-electron chi connectivity index (χ3n) is 5.22. The van der Waals surface area contributed by atoms with E-state index in [1.807, 2.05) is 0 Å². The Morgan fingerprint density at radius 1 is 1.07 bits per heavy atom. The first kappa shape index (κ1) is 20.6. The molecule has 2 heterocycles. The topological polar surface area (TPSA) is 96.0 Å². The minimum atomic E-state index is -3.45. The maximum absolute atomic E-state index is 12.5. The fourth-order valence-electron chi connectivity index (χ4n) is 3.57. The molecule has 0 radical (unpaired) electrons. The van der Waals surface area contributed by atoms with Gasteiger partial charge in [0, 0.05) is 37.8 Å². The minimum Gasteiger partial charge on any atom is -0.450 e. The summed E-state index contributed by atoms with van der Waals surface area (Å²) < 4.78 is 31.6. The molecule has 0 unspecified atom stereocenters. The summed E-state index contributed by atoms with van der Waals surface area (Å²) in [5, 5.41) is 2.85. The Bertz CT molecular complexity index is 795. The third-order valence-corrected chi connectivity index (χ3v) is 7.13. The number of amides is 2. The van der Waals surface area contributed by atoms with Crippen LogP contribution in [0.2, 0.25) is 0 Å². The second kappa shape index (κ2) is 8.91. The maximum atomic E-state index is 12.5. The van der Waals surface area contributed by atoms with Crippen LogP contribution < -0.4 is 5.32 Å². The van der Waals surface area contributed by atoms with Crippen LogP contribution in [0.3, 0.4) is 0 Å². The summed E-state index contributed by atoms with van der Waals surface area (Å²) in [6.45, 7) is 4.20. The molecule has 0 aliphatic carbocycles. The summed E-state index contributed by atoms with van der Waals surface area (Å²) in [6, 6.07) is 6.31.